The predicted molar refractivity (Wildman–Crippen MR) is 69.7 cm³/mol. The number of aromatic nitrogens is 3. The Morgan fingerprint density at radius 1 is 1.21 bits per heavy atom. The molecule has 0 atom stereocenters. The van der Waals surface area contributed by atoms with E-state index < -0.39 is 0 Å². The molecule has 0 saturated carbocycles. The van der Waals surface area contributed by atoms with Gasteiger partial charge in [-0.3, -0.25) is 4.40 Å². The number of nitrogens with zero attached hydrogens (tertiary/aromatic N) is 3. The lowest BCUT2D eigenvalue weighted by Gasteiger charge is -1.90. The molecule has 4 aromatic rings. The van der Waals surface area contributed by atoms with Crippen molar-refractivity contribution in [2.45, 2.75) is 6.54 Å². The normalized spacial score (nSPS) is 13.1. The van der Waals surface area contributed by atoms with Crippen molar-refractivity contribution in [1.82, 2.24) is 9.38 Å². The van der Waals surface area contributed by atoms with Crippen LogP contribution in [0.15, 0.2) is 53.3 Å². The van der Waals surface area contributed by atoms with Gasteiger partial charge in [0.2, 0.25) is 5.58 Å². The van der Waals surface area contributed by atoms with Crippen LogP contribution in [-0.2, 0) is 6.54 Å². The summed E-state index contributed by atoms with van der Waals surface area (Å²) in [7, 11) is 0. The lowest BCUT2D eigenvalue weighted by atomic mass is 10.1. The molecular weight excluding hydrogens is 238 g/mol. The zero-order chi connectivity index (χ0) is 12.4. The lowest BCUT2D eigenvalue weighted by molar-refractivity contribution is -0.649. The first-order valence-electron chi connectivity index (χ1n) is 6.28. The Balaban J connectivity index is 1.93. The van der Waals surface area contributed by atoms with E-state index in [1.807, 2.05) is 22.7 Å². The topological polar surface area (TPSA) is 34.3 Å². The minimum absolute atomic E-state index is 0.866. The van der Waals surface area contributed by atoms with Gasteiger partial charge in [0.25, 0.3) is 5.52 Å². The highest BCUT2D eigenvalue weighted by molar-refractivity contribution is 5.86. The SMILES string of the molecule is c1ccc2c(c1)C[n+]1c-2oc2c3ncccn3cc21. The van der Waals surface area contributed by atoms with Gasteiger partial charge in [-0.1, -0.05) is 18.2 Å². The highest BCUT2D eigenvalue weighted by Crippen LogP contribution is 2.32. The van der Waals surface area contributed by atoms with Gasteiger partial charge in [0.05, 0.1) is 11.8 Å². The van der Waals surface area contributed by atoms with Crippen molar-refractivity contribution in [3.63, 3.8) is 0 Å². The van der Waals surface area contributed by atoms with E-state index in [-0.39, 0.29) is 0 Å². The third-order valence-electron chi connectivity index (χ3n) is 3.78. The average Bonchev–Trinajstić information content (AvgIpc) is 3.07. The van der Waals surface area contributed by atoms with E-state index in [1.54, 1.807) is 6.20 Å². The highest BCUT2D eigenvalue weighted by atomic mass is 16.4. The Kier molecular flexibility index (Phi) is 1.49. The molecule has 3 aromatic heterocycles. The first-order chi connectivity index (χ1) is 9.42. The summed E-state index contributed by atoms with van der Waals surface area (Å²) in [5.74, 6) is 0.939. The van der Waals surface area contributed by atoms with E-state index in [4.69, 9.17) is 4.42 Å². The van der Waals surface area contributed by atoms with Crippen molar-refractivity contribution in [3.8, 4) is 11.5 Å². The van der Waals surface area contributed by atoms with Crippen LogP contribution in [-0.4, -0.2) is 9.38 Å². The summed E-state index contributed by atoms with van der Waals surface area (Å²) < 4.78 is 10.3. The Hall–Kier alpha value is -2.62. The van der Waals surface area contributed by atoms with Crippen LogP contribution in [0.1, 0.15) is 5.56 Å². The zero-order valence-corrected chi connectivity index (χ0v) is 10.1. The Bertz CT molecular complexity index is 949. The molecule has 1 aliphatic rings. The summed E-state index contributed by atoms with van der Waals surface area (Å²) in [6, 6.07) is 10.3. The molecule has 0 aliphatic carbocycles. The Labute approximate surface area is 108 Å². The van der Waals surface area contributed by atoms with Gasteiger partial charge in [-0.2, -0.15) is 4.57 Å². The lowest BCUT2D eigenvalue weighted by Crippen LogP contribution is -2.30. The third kappa shape index (κ3) is 1.04. The van der Waals surface area contributed by atoms with Crippen molar-refractivity contribution in [3.05, 3.63) is 54.5 Å². The third-order valence-corrected chi connectivity index (χ3v) is 3.78. The fraction of sp³-hybridized carbons (Fsp3) is 0.0667. The van der Waals surface area contributed by atoms with E-state index >= 15 is 0 Å². The van der Waals surface area contributed by atoms with Gasteiger partial charge < -0.3 is 4.42 Å². The molecule has 5 rings (SSSR count). The smallest absolute Gasteiger partial charge is 0.382 e. The molecule has 0 fully saturated rings. The fourth-order valence-electron chi connectivity index (χ4n) is 2.91. The molecule has 1 aliphatic heterocycles. The predicted octanol–water partition coefficient (Wildman–Crippen LogP) is 2.40. The standard InChI is InChI=1S/C15H10N3O/c1-2-5-11-10(4-1)8-18-12-9-17-7-3-6-16-14(17)13(12)19-15(11)18/h1-7,9H,8H2/q+1. The van der Waals surface area contributed by atoms with Gasteiger partial charge in [-0.25, -0.2) is 4.98 Å². The van der Waals surface area contributed by atoms with Crippen LogP contribution >= 0.6 is 0 Å². The maximum atomic E-state index is 6.07. The zero-order valence-electron chi connectivity index (χ0n) is 10.1. The van der Waals surface area contributed by atoms with Gasteiger partial charge in [0, 0.05) is 18.0 Å². The number of hydrogen-bond donors (Lipinski definition) is 0. The number of oxazole rings is 1. The fourth-order valence-corrected chi connectivity index (χ4v) is 2.91. The molecule has 90 valence electrons. The first kappa shape index (κ1) is 9.33. The largest absolute Gasteiger partial charge is 0.393 e. The second-order valence-electron chi connectivity index (χ2n) is 4.84. The van der Waals surface area contributed by atoms with Crippen molar-refractivity contribution < 1.29 is 8.98 Å². The molecule has 0 spiro atoms. The summed E-state index contributed by atoms with van der Waals surface area (Å²) in [6.45, 7) is 0.870. The molecule has 0 N–H and O–H groups in total. The van der Waals surface area contributed by atoms with Crippen LogP contribution in [0.25, 0.3) is 28.2 Å². The van der Waals surface area contributed by atoms with Crippen LogP contribution in [0.5, 0.6) is 0 Å². The summed E-state index contributed by atoms with van der Waals surface area (Å²) in [5, 5.41) is 0. The molecule has 0 bridgehead atoms. The Morgan fingerprint density at radius 2 is 2.16 bits per heavy atom. The number of benzene rings is 1. The van der Waals surface area contributed by atoms with Crippen molar-refractivity contribution in [2.24, 2.45) is 0 Å². The van der Waals surface area contributed by atoms with Gasteiger partial charge in [0.1, 0.15) is 0 Å². The molecule has 19 heavy (non-hydrogen) atoms. The van der Waals surface area contributed by atoms with E-state index in [1.165, 1.54) is 11.1 Å². The van der Waals surface area contributed by atoms with Gasteiger partial charge >= 0.3 is 5.89 Å². The minimum Gasteiger partial charge on any atom is -0.393 e. The monoisotopic (exact) mass is 248 g/mol. The number of hydrogen-bond acceptors (Lipinski definition) is 2. The molecule has 0 unspecified atom stereocenters. The molecule has 0 radical (unpaired) electrons. The van der Waals surface area contributed by atoms with Crippen LogP contribution in [0, 0.1) is 0 Å². The van der Waals surface area contributed by atoms with E-state index in [9.17, 15) is 0 Å². The van der Waals surface area contributed by atoms with Gasteiger partial charge in [-0.05, 0) is 12.1 Å². The molecule has 1 aromatic carbocycles. The maximum absolute atomic E-state index is 6.07. The quantitative estimate of drug-likeness (QED) is 0.394. The highest BCUT2D eigenvalue weighted by Gasteiger charge is 2.35. The second-order valence-corrected chi connectivity index (χ2v) is 4.84. The van der Waals surface area contributed by atoms with Crippen LogP contribution < -0.4 is 4.57 Å². The summed E-state index contributed by atoms with van der Waals surface area (Å²) in [6.07, 6.45) is 5.87. The summed E-state index contributed by atoms with van der Waals surface area (Å²) in [5.41, 5.74) is 5.34. The van der Waals surface area contributed by atoms with Crippen LogP contribution in [0.4, 0.5) is 0 Å². The van der Waals surface area contributed by atoms with E-state index in [0.717, 1.165) is 29.2 Å². The van der Waals surface area contributed by atoms with Crippen LogP contribution in [0.3, 0.4) is 0 Å². The minimum atomic E-state index is 0.866. The number of fused-ring (bicyclic) bond motifs is 7. The molecule has 0 amide bonds. The molecule has 4 heteroatoms. The van der Waals surface area contributed by atoms with E-state index in [0.29, 0.717) is 0 Å². The van der Waals surface area contributed by atoms with Crippen molar-refractivity contribution in [2.75, 3.05) is 0 Å². The number of rotatable bonds is 0. The van der Waals surface area contributed by atoms with Crippen molar-refractivity contribution in [1.29, 1.82) is 0 Å². The molecule has 4 nitrogen and oxygen atoms in total. The molecule has 4 heterocycles. The molecular formula is C15H10N3O+. The van der Waals surface area contributed by atoms with Crippen molar-refractivity contribution >= 4 is 16.7 Å². The summed E-state index contributed by atoms with van der Waals surface area (Å²) >= 11 is 0. The first-order valence-corrected chi connectivity index (χ1v) is 6.28. The van der Waals surface area contributed by atoms with E-state index in [2.05, 4.69) is 33.9 Å². The summed E-state index contributed by atoms with van der Waals surface area (Å²) in [4.78, 5) is 4.39. The Morgan fingerprint density at radius 3 is 3.16 bits per heavy atom. The van der Waals surface area contributed by atoms with Crippen LogP contribution in [0.2, 0.25) is 0 Å². The second kappa shape index (κ2) is 3.03. The van der Waals surface area contributed by atoms with Gasteiger partial charge in [-0.15, -0.1) is 0 Å². The molecule has 0 saturated heterocycles. The van der Waals surface area contributed by atoms with Gasteiger partial charge in [0.15, 0.2) is 12.2 Å². The maximum Gasteiger partial charge on any atom is 0.382 e. The average molecular weight is 248 g/mol.